The zero-order valence-corrected chi connectivity index (χ0v) is 15.2. The van der Waals surface area contributed by atoms with Crippen molar-refractivity contribution in [2.24, 2.45) is 0 Å². The molecular weight excluding hydrogens is 368 g/mol. The summed E-state index contributed by atoms with van der Waals surface area (Å²) >= 11 is 6.08. The summed E-state index contributed by atoms with van der Waals surface area (Å²) in [5.74, 6) is -0.182. The molecule has 8 heteroatoms. The molecule has 3 aromatic rings. The van der Waals surface area contributed by atoms with Gasteiger partial charge in [0.1, 0.15) is 5.82 Å². The number of nitrogens with zero attached hydrogens (tertiary/aromatic N) is 1. The van der Waals surface area contributed by atoms with Crippen molar-refractivity contribution in [3.8, 4) is 17.1 Å². The Hall–Kier alpha value is -3.32. The van der Waals surface area contributed by atoms with Gasteiger partial charge in [-0.1, -0.05) is 41.9 Å². The van der Waals surface area contributed by atoms with Crippen molar-refractivity contribution in [2.45, 2.75) is 13.5 Å². The Morgan fingerprint density at radius 2 is 1.89 bits per heavy atom. The third kappa shape index (κ3) is 4.27. The lowest BCUT2D eigenvalue weighted by molar-refractivity contribution is 0.252. The van der Waals surface area contributed by atoms with Gasteiger partial charge in [0, 0.05) is 17.1 Å². The minimum absolute atomic E-state index is 0.201. The normalized spacial score (nSPS) is 10.4. The third-order valence-corrected chi connectivity index (χ3v) is 4.27. The molecule has 0 aliphatic rings. The summed E-state index contributed by atoms with van der Waals surface area (Å²) in [6.45, 7) is 1.79. The van der Waals surface area contributed by atoms with Crippen LogP contribution in [0.3, 0.4) is 0 Å². The SMILES string of the molecule is Cc1nc(-c2ccccc2NC(=O)NCc2ccccc2Cl)[nH]c(=O)c1O. The maximum Gasteiger partial charge on any atom is 0.319 e. The second-order valence-electron chi connectivity index (χ2n) is 5.79. The monoisotopic (exact) mass is 384 g/mol. The van der Waals surface area contributed by atoms with E-state index in [2.05, 4.69) is 20.6 Å². The quantitative estimate of drug-likeness (QED) is 0.552. The van der Waals surface area contributed by atoms with Crippen molar-refractivity contribution in [2.75, 3.05) is 5.32 Å². The molecule has 0 aliphatic heterocycles. The molecule has 3 rings (SSSR count). The first-order chi connectivity index (χ1) is 13.0. The van der Waals surface area contributed by atoms with Gasteiger partial charge in [0.15, 0.2) is 0 Å². The molecule has 4 N–H and O–H groups in total. The van der Waals surface area contributed by atoms with E-state index in [0.717, 1.165) is 5.56 Å². The summed E-state index contributed by atoms with van der Waals surface area (Å²) in [5, 5.41) is 15.6. The van der Waals surface area contributed by atoms with Crippen LogP contribution in [0.15, 0.2) is 53.3 Å². The minimum Gasteiger partial charge on any atom is -0.502 e. The van der Waals surface area contributed by atoms with Crippen LogP contribution in [0, 0.1) is 6.92 Å². The Kier molecular flexibility index (Phi) is 5.42. The molecule has 1 heterocycles. The number of aryl methyl sites for hydroxylation is 1. The number of hydrogen-bond acceptors (Lipinski definition) is 4. The van der Waals surface area contributed by atoms with Gasteiger partial charge in [0.2, 0.25) is 5.75 Å². The highest BCUT2D eigenvalue weighted by molar-refractivity contribution is 6.31. The van der Waals surface area contributed by atoms with Gasteiger partial charge in [0.05, 0.1) is 11.4 Å². The van der Waals surface area contributed by atoms with Crippen molar-refractivity contribution < 1.29 is 9.90 Å². The number of rotatable bonds is 4. The Labute approximate surface area is 160 Å². The first-order valence-corrected chi connectivity index (χ1v) is 8.51. The summed E-state index contributed by atoms with van der Waals surface area (Å²) < 4.78 is 0. The maximum absolute atomic E-state index is 12.3. The number of aromatic nitrogens is 2. The van der Waals surface area contributed by atoms with Gasteiger partial charge in [-0.2, -0.15) is 0 Å². The molecule has 7 nitrogen and oxygen atoms in total. The van der Waals surface area contributed by atoms with Crippen LogP contribution in [-0.2, 0) is 6.54 Å². The lowest BCUT2D eigenvalue weighted by Gasteiger charge is -2.12. The van der Waals surface area contributed by atoms with Gasteiger partial charge in [-0.05, 0) is 30.7 Å². The van der Waals surface area contributed by atoms with E-state index in [4.69, 9.17) is 11.6 Å². The first kappa shape index (κ1) is 18.5. The fourth-order valence-electron chi connectivity index (χ4n) is 2.49. The van der Waals surface area contributed by atoms with E-state index in [0.29, 0.717) is 16.3 Å². The summed E-state index contributed by atoms with van der Waals surface area (Å²) in [4.78, 5) is 30.8. The lowest BCUT2D eigenvalue weighted by Crippen LogP contribution is -2.28. The van der Waals surface area contributed by atoms with Crippen LogP contribution in [0.5, 0.6) is 5.75 Å². The largest absolute Gasteiger partial charge is 0.502 e. The van der Waals surface area contributed by atoms with E-state index in [1.165, 1.54) is 6.92 Å². The molecule has 138 valence electrons. The zero-order valence-electron chi connectivity index (χ0n) is 14.4. The van der Waals surface area contributed by atoms with Gasteiger partial charge in [-0.15, -0.1) is 0 Å². The fourth-order valence-corrected chi connectivity index (χ4v) is 2.69. The molecule has 1 aromatic heterocycles. The maximum atomic E-state index is 12.3. The Morgan fingerprint density at radius 1 is 1.19 bits per heavy atom. The Balaban J connectivity index is 1.79. The van der Waals surface area contributed by atoms with Gasteiger partial charge in [-0.3, -0.25) is 4.79 Å². The number of amides is 2. The number of halogens is 1. The van der Waals surface area contributed by atoms with E-state index in [9.17, 15) is 14.7 Å². The Bertz CT molecular complexity index is 1050. The summed E-state index contributed by atoms with van der Waals surface area (Å²) in [6, 6.07) is 13.7. The smallest absolute Gasteiger partial charge is 0.319 e. The van der Waals surface area contributed by atoms with E-state index in [-0.39, 0.29) is 18.1 Å². The molecule has 0 saturated carbocycles. The molecule has 0 fully saturated rings. The molecule has 0 saturated heterocycles. The number of carbonyl (C=O) groups is 1. The van der Waals surface area contributed by atoms with Crippen LogP contribution < -0.4 is 16.2 Å². The number of nitrogens with one attached hydrogen (secondary N) is 3. The highest BCUT2D eigenvalue weighted by atomic mass is 35.5. The number of carbonyl (C=O) groups excluding carboxylic acids is 1. The number of anilines is 1. The van der Waals surface area contributed by atoms with Crippen molar-refractivity contribution in [3.05, 3.63) is 75.2 Å². The standard InChI is InChI=1S/C19H17ClN4O3/c1-11-16(25)18(26)24-17(22-11)13-7-3-5-9-15(13)23-19(27)21-10-12-6-2-4-8-14(12)20/h2-9,25H,10H2,1H3,(H2,21,23,27)(H,22,24,26). The second-order valence-corrected chi connectivity index (χ2v) is 6.20. The molecule has 0 spiro atoms. The number of H-pyrrole nitrogens is 1. The molecule has 0 radical (unpaired) electrons. The second kappa shape index (κ2) is 7.92. The molecule has 27 heavy (non-hydrogen) atoms. The van der Waals surface area contributed by atoms with Gasteiger partial charge < -0.3 is 20.7 Å². The Morgan fingerprint density at radius 3 is 2.63 bits per heavy atom. The van der Waals surface area contributed by atoms with E-state index in [1.807, 2.05) is 18.2 Å². The number of para-hydroxylation sites is 1. The van der Waals surface area contributed by atoms with Crippen molar-refractivity contribution in [1.82, 2.24) is 15.3 Å². The van der Waals surface area contributed by atoms with Crippen LogP contribution in [0.1, 0.15) is 11.3 Å². The summed E-state index contributed by atoms with van der Waals surface area (Å²) in [7, 11) is 0. The molecule has 2 aromatic carbocycles. The van der Waals surface area contributed by atoms with Crippen molar-refractivity contribution >= 4 is 23.3 Å². The number of aromatic hydroxyl groups is 1. The lowest BCUT2D eigenvalue weighted by atomic mass is 10.1. The van der Waals surface area contributed by atoms with Crippen LogP contribution in [0.4, 0.5) is 10.5 Å². The van der Waals surface area contributed by atoms with Crippen molar-refractivity contribution in [1.29, 1.82) is 0 Å². The highest BCUT2D eigenvalue weighted by Gasteiger charge is 2.13. The zero-order chi connectivity index (χ0) is 19.4. The van der Waals surface area contributed by atoms with E-state index in [1.54, 1.807) is 30.3 Å². The molecule has 2 amide bonds. The first-order valence-electron chi connectivity index (χ1n) is 8.13. The number of urea groups is 1. The number of benzene rings is 2. The van der Waals surface area contributed by atoms with E-state index >= 15 is 0 Å². The minimum atomic E-state index is -0.643. The van der Waals surface area contributed by atoms with Gasteiger partial charge >= 0.3 is 6.03 Å². The molecular formula is C19H17ClN4O3. The van der Waals surface area contributed by atoms with Gasteiger partial charge in [-0.25, -0.2) is 9.78 Å². The third-order valence-electron chi connectivity index (χ3n) is 3.90. The molecule has 0 atom stereocenters. The van der Waals surface area contributed by atoms with Crippen LogP contribution in [-0.4, -0.2) is 21.1 Å². The number of hydrogen-bond donors (Lipinski definition) is 4. The molecule has 0 bridgehead atoms. The molecule has 0 aliphatic carbocycles. The van der Waals surface area contributed by atoms with Crippen molar-refractivity contribution in [3.63, 3.8) is 0 Å². The van der Waals surface area contributed by atoms with E-state index < -0.39 is 17.3 Å². The van der Waals surface area contributed by atoms with Crippen LogP contribution in [0.25, 0.3) is 11.4 Å². The highest BCUT2D eigenvalue weighted by Crippen LogP contribution is 2.25. The average molecular weight is 385 g/mol. The number of aromatic amines is 1. The predicted molar refractivity (Wildman–Crippen MR) is 104 cm³/mol. The molecule has 0 unspecified atom stereocenters. The van der Waals surface area contributed by atoms with Gasteiger partial charge in [0.25, 0.3) is 5.56 Å². The van der Waals surface area contributed by atoms with Crippen LogP contribution >= 0.6 is 11.6 Å². The summed E-state index contributed by atoms with van der Waals surface area (Å²) in [6.07, 6.45) is 0. The topological polar surface area (TPSA) is 107 Å². The summed E-state index contributed by atoms with van der Waals surface area (Å²) in [5.41, 5.74) is 1.33. The average Bonchev–Trinajstić information content (AvgIpc) is 2.65. The van der Waals surface area contributed by atoms with Crippen LogP contribution in [0.2, 0.25) is 5.02 Å². The fraction of sp³-hybridized carbons (Fsp3) is 0.105. The predicted octanol–water partition coefficient (Wildman–Crippen LogP) is 3.43.